The minimum Gasteiger partial charge on any atom is -0.455 e. The summed E-state index contributed by atoms with van der Waals surface area (Å²) in [5, 5.41) is 3.64. The molecule has 1 aliphatic carbocycles. The average Bonchev–Trinajstić information content (AvgIpc) is 3.15. The third-order valence-electron chi connectivity index (χ3n) is 4.13. The molecule has 116 valence electrons. The molecule has 0 aliphatic heterocycles. The Morgan fingerprint density at radius 1 is 1.36 bits per heavy atom. The van der Waals surface area contributed by atoms with Gasteiger partial charge in [0, 0.05) is 5.56 Å². The minimum absolute atomic E-state index is 0.0874. The van der Waals surface area contributed by atoms with Crippen LogP contribution in [0.25, 0.3) is 0 Å². The van der Waals surface area contributed by atoms with Crippen LogP contribution in [-0.4, -0.2) is 16.1 Å². The van der Waals surface area contributed by atoms with Crippen molar-refractivity contribution in [2.75, 3.05) is 0 Å². The Hall–Kier alpha value is -2.24. The predicted octanol–water partition coefficient (Wildman–Crippen LogP) is 3.07. The first-order valence-electron chi connectivity index (χ1n) is 7.33. The minimum atomic E-state index is -0.902. The fourth-order valence-electron chi connectivity index (χ4n) is 3.08. The van der Waals surface area contributed by atoms with Gasteiger partial charge in [-0.1, -0.05) is 36.2 Å². The van der Waals surface area contributed by atoms with Gasteiger partial charge >= 0.3 is 5.97 Å². The van der Waals surface area contributed by atoms with Crippen molar-refractivity contribution in [3.63, 3.8) is 0 Å². The number of carbonyl (C=O) groups excluding carboxylic acids is 1. The van der Waals surface area contributed by atoms with Crippen molar-refractivity contribution in [1.82, 2.24) is 10.1 Å². The normalized spacial score (nSPS) is 16.6. The molecule has 6 heteroatoms. The van der Waals surface area contributed by atoms with E-state index in [0.29, 0.717) is 24.2 Å². The van der Waals surface area contributed by atoms with E-state index >= 15 is 0 Å². The predicted molar refractivity (Wildman–Crippen MR) is 75.4 cm³/mol. The van der Waals surface area contributed by atoms with Crippen LogP contribution in [0, 0.1) is 12.7 Å². The fourth-order valence-corrected chi connectivity index (χ4v) is 3.08. The van der Waals surface area contributed by atoms with Gasteiger partial charge in [-0.05, 0) is 25.8 Å². The molecule has 0 unspecified atom stereocenters. The standard InChI is InChI=1S/C16H17FN2O3/c1-11-18-14(22-19-11)10-21-15(20)16(8-4-5-9-16)12-6-2-3-7-13(12)17/h2-3,6-7H,4-5,8-10H2,1H3. The number of benzene rings is 1. The molecule has 0 atom stereocenters. The summed E-state index contributed by atoms with van der Waals surface area (Å²) in [7, 11) is 0. The van der Waals surface area contributed by atoms with Gasteiger partial charge in [0.2, 0.25) is 0 Å². The fraction of sp³-hybridized carbons (Fsp3) is 0.438. The van der Waals surface area contributed by atoms with E-state index in [1.165, 1.54) is 6.07 Å². The maximum atomic E-state index is 14.2. The number of halogens is 1. The molecule has 0 N–H and O–H groups in total. The Morgan fingerprint density at radius 3 is 2.73 bits per heavy atom. The molecule has 0 saturated heterocycles. The zero-order valence-corrected chi connectivity index (χ0v) is 12.3. The van der Waals surface area contributed by atoms with Crippen LogP contribution >= 0.6 is 0 Å². The first-order valence-corrected chi connectivity index (χ1v) is 7.33. The van der Waals surface area contributed by atoms with Gasteiger partial charge in [-0.3, -0.25) is 4.79 Å². The SMILES string of the molecule is Cc1noc(COC(=O)C2(c3ccccc3F)CCCC2)n1. The van der Waals surface area contributed by atoms with Gasteiger partial charge in [0.05, 0.1) is 5.41 Å². The van der Waals surface area contributed by atoms with Gasteiger partial charge in [-0.25, -0.2) is 4.39 Å². The van der Waals surface area contributed by atoms with E-state index in [4.69, 9.17) is 9.26 Å². The topological polar surface area (TPSA) is 65.2 Å². The average molecular weight is 304 g/mol. The largest absolute Gasteiger partial charge is 0.455 e. The van der Waals surface area contributed by atoms with E-state index in [1.807, 2.05) is 0 Å². The highest BCUT2D eigenvalue weighted by Gasteiger charge is 2.45. The lowest BCUT2D eigenvalue weighted by Crippen LogP contribution is -2.35. The Kier molecular flexibility index (Phi) is 3.92. The molecule has 5 nitrogen and oxygen atoms in total. The van der Waals surface area contributed by atoms with Crippen LogP contribution in [0.3, 0.4) is 0 Å². The summed E-state index contributed by atoms with van der Waals surface area (Å²) >= 11 is 0. The van der Waals surface area contributed by atoms with Gasteiger partial charge in [0.15, 0.2) is 12.4 Å². The molecule has 0 bridgehead atoms. The van der Waals surface area contributed by atoms with E-state index in [2.05, 4.69) is 10.1 Å². The number of hydrogen-bond acceptors (Lipinski definition) is 5. The second-order valence-corrected chi connectivity index (χ2v) is 5.58. The maximum Gasteiger partial charge on any atom is 0.317 e. The van der Waals surface area contributed by atoms with Crippen LogP contribution in [0.1, 0.15) is 43.0 Å². The molecule has 1 aliphatic rings. The van der Waals surface area contributed by atoms with Crippen LogP contribution in [0.5, 0.6) is 0 Å². The number of aromatic nitrogens is 2. The molecule has 1 fully saturated rings. The van der Waals surface area contributed by atoms with Gasteiger partial charge < -0.3 is 9.26 Å². The monoisotopic (exact) mass is 304 g/mol. The quantitative estimate of drug-likeness (QED) is 0.812. The van der Waals surface area contributed by atoms with Crippen LogP contribution in [0.15, 0.2) is 28.8 Å². The van der Waals surface area contributed by atoms with Crippen molar-refractivity contribution in [3.8, 4) is 0 Å². The maximum absolute atomic E-state index is 14.2. The lowest BCUT2D eigenvalue weighted by molar-refractivity contribution is -0.152. The highest BCUT2D eigenvalue weighted by atomic mass is 19.1. The number of rotatable bonds is 4. The smallest absolute Gasteiger partial charge is 0.317 e. The first kappa shape index (κ1) is 14.7. The summed E-state index contributed by atoms with van der Waals surface area (Å²) in [4.78, 5) is 16.6. The van der Waals surface area contributed by atoms with Crippen LogP contribution in [0.2, 0.25) is 0 Å². The molecule has 22 heavy (non-hydrogen) atoms. The second-order valence-electron chi connectivity index (χ2n) is 5.58. The molecule has 3 rings (SSSR count). The third-order valence-corrected chi connectivity index (χ3v) is 4.13. The summed E-state index contributed by atoms with van der Waals surface area (Å²) in [5.74, 6) is -0.0656. The summed E-state index contributed by atoms with van der Waals surface area (Å²) in [5.41, 5.74) is -0.486. The molecule has 1 aromatic heterocycles. The highest BCUT2D eigenvalue weighted by Crippen LogP contribution is 2.43. The number of hydrogen-bond donors (Lipinski definition) is 0. The van der Waals surface area contributed by atoms with E-state index in [0.717, 1.165) is 12.8 Å². The lowest BCUT2D eigenvalue weighted by atomic mass is 9.78. The Balaban J connectivity index is 1.81. The zero-order chi connectivity index (χ0) is 15.6. The lowest BCUT2D eigenvalue weighted by Gasteiger charge is -2.27. The number of aryl methyl sites for hydroxylation is 1. The molecule has 1 heterocycles. The van der Waals surface area contributed by atoms with Crippen molar-refractivity contribution >= 4 is 5.97 Å². The highest BCUT2D eigenvalue weighted by molar-refractivity contribution is 5.83. The van der Waals surface area contributed by atoms with Crippen LogP contribution in [-0.2, 0) is 21.6 Å². The number of carbonyl (C=O) groups is 1. The first-order chi connectivity index (χ1) is 10.6. The summed E-state index contributed by atoms with van der Waals surface area (Å²) in [6.45, 7) is 1.60. The van der Waals surface area contributed by atoms with E-state index in [1.54, 1.807) is 25.1 Å². The van der Waals surface area contributed by atoms with Gasteiger partial charge in [-0.15, -0.1) is 0 Å². The summed E-state index contributed by atoms with van der Waals surface area (Å²) in [6.07, 6.45) is 2.94. The van der Waals surface area contributed by atoms with Crippen molar-refractivity contribution in [1.29, 1.82) is 0 Å². The van der Waals surface area contributed by atoms with Crippen molar-refractivity contribution in [2.24, 2.45) is 0 Å². The third kappa shape index (κ3) is 2.61. The Bertz CT molecular complexity index is 678. The Labute approximate surface area is 127 Å². The molecule has 0 spiro atoms. The van der Waals surface area contributed by atoms with Gasteiger partial charge in [0.25, 0.3) is 5.89 Å². The van der Waals surface area contributed by atoms with Gasteiger partial charge in [0.1, 0.15) is 5.82 Å². The molecule has 2 aromatic rings. The molecule has 0 radical (unpaired) electrons. The van der Waals surface area contributed by atoms with Gasteiger partial charge in [-0.2, -0.15) is 4.98 Å². The molecular weight excluding hydrogens is 287 g/mol. The van der Waals surface area contributed by atoms with Crippen LogP contribution in [0.4, 0.5) is 4.39 Å². The number of nitrogens with zero attached hydrogens (tertiary/aromatic N) is 2. The number of esters is 1. The van der Waals surface area contributed by atoms with Crippen LogP contribution < -0.4 is 0 Å². The van der Waals surface area contributed by atoms with E-state index in [9.17, 15) is 9.18 Å². The van der Waals surface area contributed by atoms with E-state index in [-0.39, 0.29) is 18.3 Å². The molecular formula is C16H17FN2O3. The second kappa shape index (κ2) is 5.87. The summed E-state index contributed by atoms with van der Waals surface area (Å²) < 4.78 is 24.4. The van der Waals surface area contributed by atoms with E-state index < -0.39 is 11.4 Å². The molecule has 0 amide bonds. The molecule has 1 aromatic carbocycles. The van der Waals surface area contributed by atoms with Crippen molar-refractivity contribution < 1.29 is 18.4 Å². The Morgan fingerprint density at radius 2 is 2.09 bits per heavy atom. The van der Waals surface area contributed by atoms with Crippen molar-refractivity contribution in [2.45, 2.75) is 44.6 Å². The summed E-state index contributed by atoms with van der Waals surface area (Å²) in [6, 6.07) is 6.41. The zero-order valence-electron chi connectivity index (χ0n) is 12.3. The molecule has 1 saturated carbocycles. The van der Waals surface area contributed by atoms with Crippen molar-refractivity contribution in [3.05, 3.63) is 47.4 Å². The number of ether oxygens (including phenoxy) is 1.